The summed E-state index contributed by atoms with van der Waals surface area (Å²) in [6.45, 7) is 9.45. The minimum absolute atomic E-state index is 0.0364. The molecule has 1 N–H and O–H groups in total. The first-order valence-corrected chi connectivity index (χ1v) is 17.9. The molecule has 3 aromatic rings. The van der Waals surface area contributed by atoms with Gasteiger partial charge >= 0.3 is 12.1 Å². The molecule has 1 atom stereocenters. The fourth-order valence-corrected chi connectivity index (χ4v) is 6.97. The van der Waals surface area contributed by atoms with Crippen molar-refractivity contribution in [3.8, 4) is 0 Å². The maximum atomic E-state index is 14.3. The molecule has 4 rings (SSSR count). The minimum Gasteiger partial charge on any atom is -0.569 e. The van der Waals surface area contributed by atoms with Gasteiger partial charge in [-0.1, -0.05) is 48.0 Å². The second kappa shape index (κ2) is 16.3. The number of nitrogens with one attached hydrogen (secondary N) is 1. The predicted molar refractivity (Wildman–Crippen MR) is 187 cm³/mol. The van der Waals surface area contributed by atoms with Crippen LogP contribution in [0.2, 0.25) is 5.02 Å². The van der Waals surface area contributed by atoms with Crippen molar-refractivity contribution in [1.82, 2.24) is 14.7 Å². The van der Waals surface area contributed by atoms with E-state index in [1.807, 2.05) is 31.2 Å². The number of nitrogens with zero attached hydrogens (tertiary/aromatic N) is 5. The number of amides is 2. The summed E-state index contributed by atoms with van der Waals surface area (Å²) in [6, 6.07) is 17.1. The number of esters is 1. The zero-order valence-electron chi connectivity index (χ0n) is 29.2. The van der Waals surface area contributed by atoms with Crippen molar-refractivity contribution in [2.24, 2.45) is 5.28 Å². The standard InChI is InChI=1S/C34H41ClN6O9S/c1-7-38(8-2)41(45)37-49-22-48-32(43)27-15-11-9-14-26(27)21-39(33(44)50-34(4,5)6)51(46,47)30-20-25(17-18-28(30)35)31(42)36-40-23(3)19-24-13-10-12-16-29(24)40/h9-18,20,23H,7-8,19,21-22H2,1-6H3,(H,36,42)/b41-37-. The summed E-state index contributed by atoms with van der Waals surface area (Å²) in [6.07, 6.45) is -0.554. The quantitative estimate of drug-likeness (QED) is 0.0557. The van der Waals surface area contributed by atoms with Crippen LogP contribution in [0.1, 0.15) is 73.4 Å². The van der Waals surface area contributed by atoms with E-state index in [1.165, 1.54) is 41.4 Å². The Hall–Kier alpha value is -5.09. The predicted octanol–water partition coefficient (Wildman–Crippen LogP) is 5.83. The van der Waals surface area contributed by atoms with E-state index in [2.05, 4.69) is 10.7 Å². The maximum absolute atomic E-state index is 14.3. The van der Waals surface area contributed by atoms with Crippen molar-refractivity contribution in [3.63, 3.8) is 0 Å². The highest BCUT2D eigenvalue weighted by Gasteiger charge is 2.36. The van der Waals surface area contributed by atoms with Crippen LogP contribution in [-0.4, -0.2) is 72.2 Å². The molecule has 0 fully saturated rings. The Morgan fingerprint density at radius 3 is 2.41 bits per heavy atom. The number of hydrogen-bond donors (Lipinski definition) is 1. The molecule has 0 saturated heterocycles. The summed E-state index contributed by atoms with van der Waals surface area (Å²) in [5, 5.41) is 18.1. The number of hydrazine groups is 2. The lowest BCUT2D eigenvalue weighted by Crippen LogP contribution is -2.45. The third kappa shape index (κ3) is 9.38. The number of hydrogen-bond acceptors (Lipinski definition) is 11. The average Bonchev–Trinajstić information content (AvgIpc) is 3.39. The summed E-state index contributed by atoms with van der Waals surface area (Å²) in [7, 11) is -4.83. The van der Waals surface area contributed by atoms with Crippen LogP contribution in [0.15, 0.2) is 76.9 Å². The van der Waals surface area contributed by atoms with Crippen molar-refractivity contribution in [2.45, 2.75) is 71.0 Å². The molecular formula is C34H41ClN6O9S. The lowest BCUT2D eigenvalue weighted by atomic mass is 10.1. The molecule has 0 bridgehead atoms. The largest absolute Gasteiger partial charge is 0.569 e. The van der Waals surface area contributed by atoms with Gasteiger partial charge in [0.15, 0.2) is 0 Å². The molecule has 0 saturated carbocycles. The van der Waals surface area contributed by atoms with Crippen molar-refractivity contribution in [2.75, 3.05) is 24.9 Å². The Balaban J connectivity index is 1.62. The van der Waals surface area contributed by atoms with Gasteiger partial charge in [-0.25, -0.2) is 18.0 Å². The van der Waals surface area contributed by atoms with Gasteiger partial charge in [0.25, 0.3) is 22.7 Å². The Labute approximate surface area is 301 Å². The molecular weight excluding hydrogens is 704 g/mol. The van der Waals surface area contributed by atoms with Crippen LogP contribution in [0.25, 0.3) is 0 Å². The molecule has 2 amide bonds. The molecule has 3 aromatic carbocycles. The topological polar surface area (TPSA) is 173 Å². The molecule has 0 aliphatic carbocycles. The number of sulfonamides is 1. The zero-order valence-corrected chi connectivity index (χ0v) is 30.7. The lowest BCUT2D eigenvalue weighted by molar-refractivity contribution is -0.710. The molecule has 1 unspecified atom stereocenters. The van der Waals surface area contributed by atoms with Crippen LogP contribution in [-0.2, 0) is 37.3 Å². The van der Waals surface area contributed by atoms with Gasteiger partial charge in [-0.3, -0.25) is 15.2 Å². The van der Waals surface area contributed by atoms with E-state index in [1.54, 1.807) is 39.6 Å². The number of carbonyl (C=O) groups excluding carboxylic acids is 3. The number of rotatable bonds is 13. The van der Waals surface area contributed by atoms with Gasteiger partial charge in [-0.15, -0.1) is 5.01 Å². The molecule has 0 spiro atoms. The normalized spacial score (nSPS) is 14.4. The SMILES string of the molecule is CCN(CC)/[N+]([O-])=N/OCOC(=O)c1ccccc1CN(C(=O)OC(C)(C)C)S(=O)(=O)c1cc(C(=O)NN2c3ccccc3CC2C)ccc1Cl. The molecule has 274 valence electrons. The molecule has 0 aromatic heterocycles. The van der Waals surface area contributed by atoms with E-state index < -0.39 is 51.8 Å². The van der Waals surface area contributed by atoms with Gasteiger partial charge in [-0.05, 0) is 89.4 Å². The number of anilines is 1. The molecule has 1 aliphatic rings. The van der Waals surface area contributed by atoms with Gasteiger partial charge < -0.3 is 19.5 Å². The molecule has 15 nitrogen and oxygen atoms in total. The third-order valence-electron chi connectivity index (χ3n) is 7.68. The Morgan fingerprint density at radius 2 is 1.73 bits per heavy atom. The van der Waals surface area contributed by atoms with E-state index in [4.69, 9.17) is 25.9 Å². The smallest absolute Gasteiger partial charge is 0.424 e. The van der Waals surface area contributed by atoms with Crippen molar-refractivity contribution < 1.29 is 42.1 Å². The first-order valence-electron chi connectivity index (χ1n) is 16.1. The second-order valence-electron chi connectivity index (χ2n) is 12.4. The Bertz CT molecular complexity index is 1900. The highest BCUT2D eigenvalue weighted by atomic mass is 35.5. The number of ether oxygens (including phenoxy) is 2. The van der Waals surface area contributed by atoms with Crippen molar-refractivity contribution in [3.05, 3.63) is 99.2 Å². The van der Waals surface area contributed by atoms with E-state index in [0.29, 0.717) is 23.8 Å². The monoisotopic (exact) mass is 744 g/mol. The van der Waals surface area contributed by atoms with Crippen molar-refractivity contribution in [1.29, 1.82) is 0 Å². The summed E-state index contributed by atoms with van der Waals surface area (Å²) in [5.74, 6) is -1.55. The lowest BCUT2D eigenvalue weighted by Gasteiger charge is -2.28. The zero-order chi connectivity index (χ0) is 37.5. The average molecular weight is 745 g/mol. The maximum Gasteiger partial charge on any atom is 0.424 e. The third-order valence-corrected chi connectivity index (χ3v) is 9.88. The van der Waals surface area contributed by atoms with Crippen LogP contribution < -0.4 is 10.4 Å². The Kier molecular flexibility index (Phi) is 12.4. The number of benzene rings is 3. The van der Waals surface area contributed by atoms with E-state index in [-0.39, 0.29) is 32.7 Å². The number of fused-ring (bicyclic) bond motifs is 1. The van der Waals surface area contributed by atoms with Gasteiger partial charge in [0.1, 0.15) is 10.5 Å². The van der Waals surface area contributed by atoms with Crippen molar-refractivity contribution >= 4 is 45.3 Å². The van der Waals surface area contributed by atoms with Crippen LogP contribution >= 0.6 is 11.6 Å². The Morgan fingerprint density at radius 1 is 1.06 bits per heavy atom. The summed E-state index contributed by atoms with van der Waals surface area (Å²) >= 11 is 6.42. The van der Waals surface area contributed by atoms with E-state index in [0.717, 1.165) is 17.3 Å². The number of halogens is 1. The highest BCUT2D eigenvalue weighted by Crippen LogP contribution is 2.32. The molecule has 0 radical (unpaired) electrons. The fraction of sp³-hybridized carbons (Fsp3) is 0.382. The summed E-state index contributed by atoms with van der Waals surface area (Å²) in [4.78, 5) is 44.6. The molecule has 17 heteroatoms. The molecule has 51 heavy (non-hydrogen) atoms. The van der Waals surface area contributed by atoms with Gasteiger partial charge in [-0.2, -0.15) is 4.31 Å². The first-order chi connectivity index (χ1) is 24.1. The fourth-order valence-electron chi connectivity index (χ4n) is 5.19. The second-order valence-corrected chi connectivity index (χ2v) is 14.7. The van der Waals surface area contributed by atoms with Gasteiger partial charge in [0.2, 0.25) is 5.28 Å². The van der Waals surface area contributed by atoms with Gasteiger partial charge in [0, 0.05) is 5.56 Å². The first kappa shape index (κ1) is 38.7. The van der Waals surface area contributed by atoms with Crippen LogP contribution in [0.5, 0.6) is 0 Å². The number of carbonyl (C=O) groups is 3. The number of para-hydroxylation sites is 1. The van der Waals surface area contributed by atoms with Crippen LogP contribution in [0.3, 0.4) is 0 Å². The van der Waals surface area contributed by atoms with Crippen LogP contribution in [0, 0.1) is 5.21 Å². The van der Waals surface area contributed by atoms with E-state index in [9.17, 15) is 28.0 Å². The highest BCUT2D eigenvalue weighted by molar-refractivity contribution is 7.89. The van der Waals surface area contributed by atoms with Gasteiger partial charge in [0.05, 0.1) is 46.9 Å². The van der Waals surface area contributed by atoms with Crippen LogP contribution in [0.4, 0.5) is 10.5 Å². The summed E-state index contributed by atoms with van der Waals surface area (Å²) in [5.41, 5.74) is 3.52. The molecule has 1 heterocycles. The van der Waals surface area contributed by atoms with E-state index >= 15 is 0 Å². The minimum atomic E-state index is -4.83. The molecule has 1 aliphatic heterocycles. The summed E-state index contributed by atoms with van der Waals surface area (Å²) < 4.78 is 39.6.